The number of rotatable bonds is 4. The van der Waals surface area contributed by atoms with Crippen LogP contribution in [0.3, 0.4) is 0 Å². The third-order valence-corrected chi connectivity index (χ3v) is 2.51. The molecule has 2 aromatic rings. The summed E-state index contributed by atoms with van der Waals surface area (Å²) >= 11 is 0. The van der Waals surface area contributed by atoms with Crippen molar-refractivity contribution in [3.63, 3.8) is 0 Å². The topological polar surface area (TPSA) is 101 Å². The van der Waals surface area contributed by atoms with E-state index in [0.29, 0.717) is 4.57 Å². The Morgan fingerprint density at radius 3 is 2.57 bits per heavy atom. The maximum absolute atomic E-state index is 12.3. The summed E-state index contributed by atoms with van der Waals surface area (Å²) in [5.74, 6) is -1.89. The molecular weight excluding hydrogens is 290 g/mol. The number of ether oxygens (including phenoxy) is 1. The summed E-state index contributed by atoms with van der Waals surface area (Å²) in [6, 6.07) is 5.28. The summed E-state index contributed by atoms with van der Waals surface area (Å²) in [5.41, 5.74) is -2.89. The van der Waals surface area contributed by atoms with Gasteiger partial charge in [0.15, 0.2) is 0 Å². The number of aromatic nitrogens is 2. The van der Waals surface area contributed by atoms with Gasteiger partial charge in [-0.2, -0.15) is 8.78 Å². The van der Waals surface area contributed by atoms with Crippen LogP contribution in [0.4, 0.5) is 8.78 Å². The highest BCUT2D eigenvalue weighted by Crippen LogP contribution is 2.22. The number of carboxylic acids is 1. The van der Waals surface area contributed by atoms with Crippen LogP contribution in [0.5, 0.6) is 5.75 Å². The Morgan fingerprint density at radius 1 is 1.29 bits per heavy atom. The summed E-state index contributed by atoms with van der Waals surface area (Å²) in [7, 11) is 0. The van der Waals surface area contributed by atoms with Gasteiger partial charge in [0.2, 0.25) is 0 Å². The average Bonchev–Trinajstić information content (AvgIpc) is 2.39. The lowest BCUT2D eigenvalue weighted by Gasteiger charge is -2.12. The minimum absolute atomic E-state index is 0.124. The molecule has 0 saturated carbocycles. The maximum atomic E-state index is 12.3. The molecule has 1 heterocycles. The van der Waals surface area contributed by atoms with Gasteiger partial charge in [0.25, 0.3) is 5.56 Å². The summed E-state index contributed by atoms with van der Waals surface area (Å²) in [4.78, 5) is 35.7. The first-order valence-electron chi connectivity index (χ1n) is 5.53. The first-order valence-corrected chi connectivity index (χ1v) is 5.53. The van der Waals surface area contributed by atoms with E-state index in [2.05, 4.69) is 4.74 Å². The first-order chi connectivity index (χ1) is 9.90. The lowest BCUT2D eigenvalue weighted by Crippen LogP contribution is -2.32. The van der Waals surface area contributed by atoms with E-state index in [-0.39, 0.29) is 11.4 Å². The van der Waals surface area contributed by atoms with Gasteiger partial charge in [0, 0.05) is 6.20 Å². The molecule has 1 aromatic carbocycles. The number of alkyl halides is 2. The maximum Gasteiger partial charge on any atom is 0.387 e. The Kier molecular flexibility index (Phi) is 3.83. The van der Waals surface area contributed by atoms with E-state index in [1.54, 1.807) is 4.98 Å². The van der Waals surface area contributed by atoms with Crippen LogP contribution in [0, 0.1) is 0 Å². The third kappa shape index (κ3) is 2.96. The molecule has 0 aliphatic carbocycles. The zero-order valence-electron chi connectivity index (χ0n) is 10.2. The van der Waals surface area contributed by atoms with Crippen LogP contribution in [0.15, 0.2) is 40.1 Å². The molecule has 9 heteroatoms. The van der Waals surface area contributed by atoms with Crippen molar-refractivity contribution in [1.29, 1.82) is 0 Å². The van der Waals surface area contributed by atoms with Gasteiger partial charge >= 0.3 is 18.3 Å². The Morgan fingerprint density at radius 2 is 1.95 bits per heavy atom. The Bertz CT molecular complexity index is 797. The van der Waals surface area contributed by atoms with Crippen molar-refractivity contribution in [3.05, 3.63) is 56.9 Å². The molecule has 110 valence electrons. The van der Waals surface area contributed by atoms with Crippen LogP contribution in [-0.2, 0) is 0 Å². The Balaban J connectivity index is 2.68. The number of para-hydroxylation sites is 2. The van der Waals surface area contributed by atoms with Gasteiger partial charge in [-0.15, -0.1) is 0 Å². The number of hydrogen-bond donors (Lipinski definition) is 2. The van der Waals surface area contributed by atoms with Crippen molar-refractivity contribution in [1.82, 2.24) is 9.55 Å². The monoisotopic (exact) mass is 298 g/mol. The summed E-state index contributed by atoms with van der Waals surface area (Å²) in [6.45, 7) is -3.12. The van der Waals surface area contributed by atoms with E-state index in [1.807, 2.05) is 0 Å². The zero-order valence-corrected chi connectivity index (χ0v) is 10.2. The molecule has 0 saturated heterocycles. The van der Waals surface area contributed by atoms with Crippen LogP contribution in [-0.4, -0.2) is 27.2 Å². The molecule has 2 N–H and O–H groups in total. The molecule has 0 fully saturated rings. The number of aromatic amines is 1. The highest BCUT2D eigenvalue weighted by atomic mass is 19.3. The lowest BCUT2D eigenvalue weighted by atomic mass is 10.2. The van der Waals surface area contributed by atoms with Crippen molar-refractivity contribution in [2.24, 2.45) is 0 Å². The molecule has 0 spiro atoms. The minimum atomic E-state index is -3.12. The highest BCUT2D eigenvalue weighted by Gasteiger charge is 2.16. The third-order valence-electron chi connectivity index (χ3n) is 2.51. The van der Waals surface area contributed by atoms with Crippen molar-refractivity contribution in [2.45, 2.75) is 6.61 Å². The number of benzene rings is 1. The molecule has 0 radical (unpaired) electrons. The van der Waals surface area contributed by atoms with Gasteiger partial charge in [-0.1, -0.05) is 12.1 Å². The lowest BCUT2D eigenvalue weighted by molar-refractivity contribution is -0.0498. The van der Waals surface area contributed by atoms with Crippen molar-refractivity contribution in [2.75, 3.05) is 0 Å². The smallest absolute Gasteiger partial charge is 0.387 e. The molecule has 0 amide bonds. The predicted octanol–water partition coefficient (Wildman–Crippen LogP) is 0.825. The van der Waals surface area contributed by atoms with E-state index in [0.717, 1.165) is 6.20 Å². The fourth-order valence-corrected chi connectivity index (χ4v) is 1.65. The van der Waals surface area contributed by atoms with E-state index in [4.69, 9.17) is 5.11 Å². The summed E-state index contributed by atoms with van der Waals surface area (Å²) in [5, 5.41) is 8.86. The van der Waals surface area contributed by atoms with E-state index < -0.39 is 29.4 Å². The average molecular weight is 298 g/mol. The number of nitrogens with one attached hydrogen (secondary N) is 1. The SMILES string of the molecule is O=C(O)c1cn(-c2ccccc2OC(F)F)c(=O)[nH]c1=O. The second-order valence-corrected chi connectivity index (χ2v) is 3.82. The normalized spacial score (nSPS) is 10.6. The van der Waals surface area contributed by atoms with Crippen LogP contribution in [0.1, 0.15) is 10.4 Å². The molecule has 0 unspecified atom stereocenters. The predicted molar refractivity (Wildman–Crippen MR) is 66.3 cm³/mol. The molecule has 0 bridgehead atoms. The van der Waals surface area contributed by atoms with Crippen molar-refractivity contribution < 1.29 is 23.4 Å². The number of nitrogens with zero attached hydrogens (tertiary/aromatic N) is 1. The minimum Gasteiger partial charge on any atom is -0.477 e. The van der Waals surface area contributed by atoms with Gasteiger partial charge in [0.05, 0.1) is 5.69 Å². The van der Waals surface area contributed by atoms with Gasteiger partial charge < -0.3 is 9.84 Å². The number of hydrogen-bond acceptors (Lipinski definition) is 4. The van der Waals surface area contributed by atoms with Crippen LogP contribution < -0.4 is 16.0 Å². The molecule has 2 rings (SSSR count). The van der Waals surface area contributed by atoms with Crippen LogP contribution in [0.25, 0.3) is 5.69 Å². The molecular formula is C12H8F2N2O5. The second-order valence-electron chi connectivity index (χ2n) is 3.82. The van der Waals surface area contributed by atoms with E-state index in [9.17, 15) is 23.2 Å². The second kappa shape index (κ2) is 5.57. The summed E-state index contributed by atoms with van der Waals surface area (Å²) in [6.07, 6.45) is 0.747. The quantitative estimate of drug-likeness (QED) is 0.870. The van der Waals surface area contributed by atoms with E-state index >= 15 is 0 Å². The molecule has 0 aliphatic rings. The molecule has 0 aliphatic heterocycles. The van der Waals surface area contributed by atoms with Crippen molar-refractivity contribution in [3.8, 4) is 11.4 Å². The number of halogens is 2. The van der Waals surface area contributed by atoms with Crippen molar-refractivity contribution >= 4 is 5.97 Å². The number of carboxylic acid groups (broad SMARTS) is 1. The number of carbonyl (C=O) groups is 1. The Labute approximate surface area is 115 Å². The fourth-order valence-electron chi connectivity index (χ4n) is 1.65. The van der Waals surface area contributed by atoms with Gasteiger partial charge in [-0.25, -0.2) is 9.59 Å². The molecule has 1 aromatic heterocycles. The van der Waals surface area contributed by atoms with Gasteiger partial charge in [0.1, 0.15) is 11.3 Å². The first kappa shape index (κ1) is 14.4. The number of aromatic carboxylic acids is 1. The van der Waals surface area contributed by atoms with Gasteiger partial charge in [-0.05, 0) is 12.1 Å². The molecule has 7 nitrogen and oxygen atoms in total. The van der Waals surface area contributed by atoms with E-state index in [1.165, 1.54) is 24.3 Å². The number of H-pyrrole nitrogens is 1. The van der Waals surface area contributed by atoms with Crippen LogP contribution >= 0.6 is 0 Å². The molecule has 21 heavy (non-hydrogen) atoms. The van der Waals surface area contributed by atoms with Gasteiger partial charge in [-0.3, -0.25) is 14.3 Å². The molecule has 0 atom stereocenters. The largest absolute Gasteiger partial charge is 0.477 e. The van der Waals surface area contributed by atoms with Crippen LogP contribution in [0.2, 0.25) is 0 Å². The zero-order chi connectivity index (χ0) is 15.6. The standard InChI is InChI=1S/C12H8F2N2O5/c13-11(14)21-8-4-2-1-3-7(8)16-5-6(10(18)19)9(17)15-12(16)20/h1-5,11H,(H,18,19)(H,15,17,20). The highest BCUT2D eigenvalue weighted by molar-refractivity contribution is 5.86. The fraction of sp³-hybridized carbons (Fsp3) is 0.0833. The summed E-state index contributed by atoms with van der Waals surface area (Å²) < 4.78 is 29.6. The Hall–Kier alpha value is -2.97.